The zero-order valence-corrected chi connectivity index (χ0v) is 8.56. The molecule has 1 aromatic carbocycles. The highest BCUT2D eigenvalue weighted by Gasteiger charge is 2.19. The highest BCUT2D eigenvalue weighted by molar-refractivity contribution is 6.09. The number of phenolic OH excluding ortho intramolecular Hbond substituents is 1. The molecule has 1 heterocycles. The van der Waals surface area contributed by atoms with E-state index >= 15 is 0 Å². The minimum Gasteiger partial charge on any atom is -0.508 e. The number of phenols is 1. The van der Waals surface area contributed by atoms with Gasteiger partial charge in [0.25, 0.3) is 5.91 Å². The summed E-state index contributed by atoms with van der Waals surface area (Å²) in [6.45, 7) is 0. The van der Waals surface area contributed by atoms with Crippen molar-refractivity contribution in [1.82, 2.24) is 5.32 Å². The van der Waals surface area contributed by atoms with Gasteiger partial charge in [0.05, 0.1) is 0 Å². The Labute approximate surface area is 92.6 Å². The predicted octanol–water partition coefficient (Wildman–Crippen LogP) is 1.21. The van der Waals surface area contributed by atoms with E-state index in [4.69, 9.17) is 0 Å². The second-order valence-electron chi connectivity index (χ2n) is 3.64. The van der Waals surface area contributed by atoms with Crippen LogP contribution < -0.4 is 5.32 Å². The maximum Gasteiger partial charge on any atom is 0.253 e. The van der Waals surface area contributed by atoms with Gasteiger partial charge in [-0.3, -0.25) is 14.9 Å². The minimum atomic E-state index is -0.348. The van der Waals surface area contributed by atoms with Crippen LogP contribution >= 0.6 is 0 Å². The fourth-order valence-electron chi connectivity index (χ4n) is 1.58. The molecule has 1 aromatic rings. The van der Waals surface area contributed by atoms with E-state index in [0.29, 0.717) is 18.4 Å². The van der Waals surface area contributed by atoms with Crippen molar-refractivity contribution in [2.45, 2.75) is 12.8 Å². The minimum absolute atomic E-state index is 0.154. The van der Waals surface area contributed by atoms with Crippen LogP contribution in [0.25, 0.3) is 6.08 Å². The lowest BCUT2D eigenvalue weighted by molar-refractivity contribution is -0.130. The summed E-state index contributed by atoms with van der Waals surface area (Å²) in [5, 5.41) is 11.5. The molecule has 0 spiro atoms. The molecular weight excluding hydrogens is 206 g/mol. The first-order valence-electron chi connectivity index (χ1n) is 4.99. The Hall–Kier alpha value is -2.10. The van der Waals surface area contributed by atoms with Gasteiger partial charge in [-0.05, 0) is 30.2 Å². The number of aromatic hydroxyl groups is 1. The molecule has 0 radical (unpaired) electrons. The van der Waals surface area contributed by atoms with Crippen LogP contribution in [0.5, 0.6) is 5.75 Å². The van der Waals surface area contributed by atoms with Crippen molar-refractivity contribution in [2.24, 2.45) is 0 Å². The summed E-state index contributed by atoms with van der Waals surface area (Å²) in [4.78, 5) is 22.4. The topological polar surface area (TPSA) is 66.4 Å². The first kappa shape index (κ1) is 10.4. The van der Waals surface area contributed by atoms with Crippen LogP contribution in [0.1, 0.15) is 18.4 Å². The predicted molar refractivity (Wildman–Crippen MR) is 58.5 cm³/mol. The monoisotopic (exact) mass is 217 g/mol. The standard InChI is InChI=1S/C12H11NO3/c14-10-3-1-2-8(7-10)6-9-4-5-11(15)13-12(9)16/h1-3,6-7,14H,4-5H2,(H,13,15,16)/b9-6+. The van der Waals surface area contributed by atoms with Crippen LogP contribution in [0.3, 0.4) is 0 Å². The Bertz CT molecular complexity index is 477. The summed E-state index contributed by atoms with van der Waals surface area (Å²) in [6, 6.07) is 6.62. The Morgan fingerprint density at radius 1 is 1.25 bits per heavy atom. The third-order valence-electron chi connectivity index (χ3n) is 2.38. The summed E-state index contributed by atoms with van der Waals surface area (Å²) >= 11 is 0. The molecule has 2 amide bonds. The first-order valence-corrected chi connectivity index (χ1v) is 4.99. The van der Waals surface area contributed by atoms with Gasteiger partial charge >= 0.3 is 0 Å². The summed E-state index contributed by atoms with van der Waals surface area (Å²) in [5.74, 6) is -0.431. The Kier molecular flexibility index (Phi) is 2.72. The second kappa shape index (κ2) is 4.18. The molecule has 4 heteroatoms. The maximum atomic E-state index is 11.4. The van der Waals surface area contributed by atoms with Crippen molar-refractivity contribution < 1.29 is 14.7 Å². The molecule has 2 N–H and O–H groups in total. The number of benzene rings is 1. The number of piperidine rings is 1. The van der Waals surface area contributed by atoms with E-state index in [0.717, 1.165) is 5.56 Å². The van der Waals surface area contributed by atoms with Crippen LogP contribution in [0, 0.1) is 0 Å². The van der Waals surface area contributed by atoms with Crippen molar-refractivity contribution in [3.8, 4) is 5.75 Å². The molecule has 1 fully saturated rings. The zero-order chi connectivity index (χ0) is 11.5. The molecule has 4 nitrogen and oxygen atoms in total. The van der Waals surface area contributed by atoms with Gasteiger partial charge in [0, 0.05) is 12.0 Å². The first-order chi connectivity index (χ1) is 7.65. The molecule has 0 bridgehead atoms. The largest absolute Gasteiger partial charge is 0.508 e. The van der Waals surface area contributed by atoms with Gasteiger partial charge in [-0.25, -0.2) is 0 Å². The van der Waals surface area contributed by atoms with E-state index in [-0.39, 0.29) is 17.6 Å². The molecule has 0 aliphatic carbocycles. The van der Waals surface area contributed by atoms with E-state index in [1.807, 2.05) is 0 Å². The van der Waals surface area contributed by atoms with E-state index < -0.39 is 0 Å². The lowest BCUT2D eigenvalue weighted by Gasteiger charge is -2.13. The highest BCUT2D eigenvalue weighted by atomic mass is 16.3. The molecule has 0 atom stereocenters. The molecular formula is C12H11NO3. The van der Waals surface area contributed by atoms with Gasteiger partial charge < -0.3 is 5.11 Å². The van der Waals surface area contributed by atoms with Crippen molar-refractivity contribution in [2.75, 3.05) is 0 Å². The van der Waals surface area contributed by atoms with Crippen LogP contribution in [0.2, 0.25) is 0 Å². The van der Waals surface area contributed by atoms with Gasteiger partial charge in [0.15, 0.2) is 0 Å². The van der Waals surface area contributed by atoms with E-state index in [1.165, 1.54) is 0 Å². The number of hydrogen-bond donors (Lipinski definition) is 2. The van der Waals surface area contributed by atoms with Crippen molar-refractivity contribution in [1.29, 1.82) is 0 Å². The fraction of sp³-hybridized carbons (Fsp3) is 0.167. The van der Waals surface area contributed by atoms with Crippen molar-refractivity contribution in [3.63, 3.8) is 0 Å². The summed E-state index contributed by atoms with van der Waals surface area (Å²) < 4.78 is 0. The van der Waals surface area contributed by atoms with Gasteiger partial charge in [-0.15, -0.1) is 0 Å². The quantitative estimate of drug-likeness (QED) is 0.549. The lowest BCUT2D eigenvalue weighted by Crippen LogP contribution is -2.35. The summed E-state index contributed by atoms with van der Waals surface area (Å²) in [5.41, 5.74) is 1.31. The molecule has 2 rings (SSSR count). The van der Waals surface area contributed by atoms with Gasteiger partial charge in [-0.1, -0.05) is 12.1 Å². The van der Waals surface area contributed by atoms with E-state index in [1.54, 1.807) is 30.3 Å². The second-order valence-corrected chi connectivity index (χ2v) is 3.64. The Morgan fingerprint density at radius 2 is 2.06 bits per heavy atom. The molecule has 1 aliphatic heterocycles. The van der Waals surface area contributed by atoms with Gasteiger partial charge in [0.1, 0.15) is 5.75 Å². The molecule has 1 saturated heterocycles. The molecule has 0 saturated carbocycles. The van der Waals surface area contributed by atoms with Gasteiger partial charge in [0.2, 0.25) is 5.91 Å². The number of carbonyl (C=O) groups is 2. The Morgan fingerprint density at radius 3 is 2.75 bits per heavy atom. The molecule has 82 valence electrons. The summed E-state index contributed by atoms with van der Waals surface area (Å²) in [7, 11) is 0. The van der Waals surface area contributed by atoms with Crippen molar-refractivity contribution in [3.05, 3.63) is 35.4 Å². The lowest BCUT2D eigenvalue weighted by atomic mass is 10.0. The highest BCUT2D eigenvalue weighted by Crippen LogP contribution is 2.18. The van der Waals surface area contributed by atoms with Crippen LogP contribution in [-0.4, -0.2) is 16.9 Å². The maximum absolute atomic E-state index is 11.4. The number of hydrogen-bond acceptors (Lipinski definition) is 3. The third kappa shape index (κ3) is 2.28. The number of amides is 2. The number of imide groups is 1. The SMILES string of the molecule is O=C1CC/C(=C\c2cccc(O)c2)C(=O)N1. The average molecular weight is 217 g/mol. The number of carbonyl (C=O) groups excluding carboxylic acids is 2. The molecule has 1 aliphatic rings. The smallest absolute Gasteiger partial charge is 0.253 e. The normalized spacial score (nSPS) is 18.6. The van der Waals surface area contributed by atoms with Crippen LogP contribution in [-0.2, 0) is 9.59 Å². The number of nitrogens with one attached hydrogen (secondary N) is 1. The fourth-order valence-corrected chi connectivity index (χ4v) is 1.58. The van der Waals surface area contributed by atoms with E-state index in [9.17, 15) is 14.7 Å². The molecule has 0 unspecified atom stereocenters. The zero-order valence-electron chi connectivity index (χ0n) is 8.56. The summed E-state index contributed by atoms with van der Waals surface area (Å²) in [6.07, 6.45) is 2.46. The van der Waals surface area contributed by atoms with Gasteiger partial charge in [-0.2, -0.15) is 0 Å². The number of rotatable bonds is 1. The van der Waals surface area contributed by atoms with Crippen molar-refractivity contribution >= 4 is 17.9 Å². The van der Waals surface area contributed by atoms with E-state index in [2.05, 4.69) is 5.32 Å². The van der Waals surface area contributed by atoms with Crippen LogP contribution in [0.4, 0.5) is 0 Å². The van der Waals surface area contributed by atoms with Crippen LogP contribution in [0.15, 0.2) is 29.8 Å². The third-order valence-corrected chi connectivity index (χ3v) is 2.38. The average Bonchev–Trinajstić information content (AvgIpc) is 2.22. The molecule has 0 aromatic heterocycles. The molecule has 16 heavy (non-hydrogen) atoms. The Balaban J connectivity index is 2.24.